The second-order valence-corrected chi connectivity index (χ2v) is 7.71. The van der Waals surface area contributed by atoms with E-state index < -0.39 is 35.5 Å². The Bertz CT molecular complexity index is 920. The third kappa shape index (κ3) is 7.16. The van der Waals surface area contributed by atoms with Gasteiger partial charge >= 0.3 is 5.97 Å². The van der Waals surface area contributed by atoms with E-state index in [-0.39, 0.29) is 13.0 Å². The number of aliphatic hydroxyl groups is 1. The molecule has 0 radical (unpaired) electrons. The molecule has 0 saturated carbocycles. The van der Waals surface area contributed by atoms with Gasteiger partial charge in [-0.2, -0.15) is 0 Å². The van der Waals surface area contributed by atoms with Crippen LogP contribution in [-0.4, -0.2) is 50.8 Å². The van der Waals surface area contributed by atoms with Gasteiger partial charge in [0.05, 0.1) is 11.7 Å². The largest absolute Gasteiger partial charge is 0.456 e. The van der Waals surface area contributed by atoms with Crippen molar-refractivity contribution in [3.8, 4) is 11.1 Å². The smallest absolute Gasteiger partial charge is 0.340 e. The number of benzene rings is 1. The summed E-state index contributed by atoms with van der Waals surface area (Å²) in [5, 5.41) is 20.7. The van der Waals surface area contributed by atoms with Crippen molar-refractivity contribution in [2.45, 2.75) is 52.9 Å². The molecule has 1 heterocycles. The van der Waals surface area contributed by atoms with E-state index in [2.05, 4.69) is 10.3 Å². The number of nitrogens with one attached hydrogen (secondary N) is 2. The molecule has 2 rings (SSSR count). The Morgan fingerprint density at radius 2 is 1.65 bits per heavy atom. The second kappa shape index (κ2) is 10.6. The number of aliphatic hydroxyl groups excluding tert-OH is 1. The van der Waals surface area contributed by atoms with Crippen LogP contribution in [0.3, 0.4) is 0 Å². The maximum absolute atomic E-state index is 12.3. The van der Waals surface area contributed by atoms with Crippen LogP contribution < -0.4 is 10.8 Å². The molecule has 0 aliphatic rings. The Morgan fingerprint density at radius 3 is 2.16 bits per heavy atom. The van der Waals surface area contributed by atoms with Crippen molar-refractivity contribution in [3.63, 3.8) is 0 Å². The number of hydrogen-bond donors (Lipinski definition) is 4. The fourth-order valence-electron chi connectivity index (χ4n) is 2.56. The van der Waals surface area contributed by atoms with Crippen LogP contribution >= 0.6 is 0 Å². The summed E-state index contributed by atoms with van der Waals surface area (Å²) in [5.41, 5.74) is 2.70. The van der Waals surface area contributed by atoms with Crippen LogP contribution in [-0.2, 0) is 9.53 Å². The fourth-order valence-corrected chi connectivity index (χ4v) is 2.56. The zero-order valence-electron chi connectivity index (χ0n) is 17.2. The van der Waals surface area contributed by atoms with Gasteiger partial charge in [0.2, 0.25) is 0 Å². The summed E-state index contributed by atoms with van der Waals surface area (Å²) in [4.78, 5) is 40.2. The van der Waals surface area contributed by atoms with Crippen molar-refractivity contribution < 1.29 is 29.4 Å². The lowest BCUT2D eigenvalue weighted by Gasteiger charge is -2.19. The van der Waals surface area contributed by atoms with Crippen molar-refractivity contribution in [3.05, 3.63) is 53.9 Å². The van der Waals surface area contributed by atoms with Gasteiger partial charge in [-0.15, -0.1) is 0 Å². The molecule has 9 nitrogen and oxygen atoms in total. The molecule has 31 heavy (non-hydrogen) atoms. The van der Waals surface area contributed by atoms with Crippen LogP contribution in [0.1, 0.15) is 55.8 Å². The predicted octanol–water partition coefficient (Wildman–Crippen LogP) is 2.32. The van der Waals surface area contributed by atoms with Crippen LogP contribution in [0.2, 0.25) is 0 Å². The van der Waals surface area contributed by atoms with Crippen molar-refractivity contribution >= 4 is 17.8 Å². The van der Waals surface area contributed by atoms with E-state index in [0.717, 1.165) is 0 Å². The minimum Gasteiger partial charge on any atom is -0.456 e. The van der Waals surface area contributed by atoms with Crippen LogP contribution in [0.5, 0.6) is 0 Å². The number of rotatable bonds is 6. The average Bonchev–Trinajstić information content (AvgIpc) is 2.70. The summed E-state index contributed by atoms with van der Waals surface area (Å²) in [6, 6.07) is 6.71. The molecule has 0 aliphatic heterocycles. The van der Waals surface area contributed by atoms with Gasteiger partial charge in [-0.25, -0.2) is 10.3 Å². The molecule has 4 N–H and O–H groups in total. The number of pyridine rings is 1. The first-order chi connectivity index (χ1) is 14.0. The SMILES string of the molecule is C.C[C@@H](O)[C@H](NC(=O)c1ccc(-c2cncc(C(=O)OC(C)(C)C)c2)cc1)C(=O)NO. The lowest BCUT2D eigenvalue weighted by molar-refractivity contribution is -0.133. The summed E-state index contributed by atoms with van der Waals surface area (Å²) in [5.74, 6) is -2.02. The molecule has 0 fully saturated rings. The molecule has 168 valence electrons. The second-order valence-electron chi connectivity index (χ2n) is 7.71. The normalized spacial score (nSPS) is 12.7. The fraction of sp³-hybridized carbons (Fsp3) is 0.364. The number of esters is 1. The van der Waals surface area contributed by atoms with Gasteiger partial charge in [-0.3, -0.25) is 19.8 Å². The number of carbonyl (C=O) groups is 3. The minimum absolute atomic E-state index is 0. The maximum Gasteiger partial charge on any atom is 0.340 e. The molecule has 0 aliphatic carbocycles. The first kappa shape index (κ1) is 25.7. The molecule has 2 amide bonds. The molecular weight excluding hydrogens is 402 g/mol. The number of amides is 2. The number of ether oxygens (including phenoxy) is 1. The summed E-state index contributed by atoms with van der Waals surface area (Å²) in [6.07, 6.45) is 1.79. The standard InChI is InChI=1S/C21H25N3O6.CH4/c1-12(25)17(19(27)24-29)23-18(26)14-7-5-13(6-8-14)15-9-16(11-22-10-15)20(28)30-21(2,3)4;/h5-12,17,25,29H,1-4H3,(H,23,26)(H,24,27);1H4/t12-,17+;/m1./s1. The molecule has 0 saturated heterocycles. The molecule has 2 atom stereocenters. The molecule has 2 aromatic rings. The molecule has 0 spiro atoms. The molecule has 1 aromatic heterocycles. The van der Waals surface area contributed by atoms with Gasteiger partial charge in [0.1, 0.15) is 11.6 Å². The topological polar surface area (TPSA) is 138 Å². The van der Waals surface area contributed by atoms with Gasteiger partial charge in [0.15, 0.2) is 0 Å². The third-order valence-electron chi connectivity index (χ3n) is 4.01. The number of carbonyl (C=O) groups excluding carboxylic acids is 3. The Hall–Kier alpha value is -3.30. The van der Waals surface area contributed by atoms with E-state index in [0.29, 0.717) is 16.7 Å². The highest BCUT2D eigenvalue weighted by molar-refractivity contribution is 5.98. The van der Waals surface area contributed by atoms with Crippen molar-refractivity contribution in [1.82, 2.24) is 15.8 Å². The molecule has 9 heteroatoms. The highest BCUT2D eigenvalue weighted by atomic mass is 16.6. The Labute approximate surface area is 181 Å². The van der Waals surface area contributed by atoms with E-state index in [1.807, 2.05) is 0 Å². The van der Waals surface area contributed by atoms with E-state index in [9.17, 15) is 19.5 Å². The lowest BCUT2D eigenvalue weighted by atomic mass is 10.0. The quantitative estimate of drug-likeness (QED) is 0.313. The van der Waals surface area contributed by atoms with Crippen LogP contribution in [0, 0.1) is 0 Å². The Morgan fingerprint density at radius 1 is 1.03 bits per heavy atom. The van der Waals surface area contributed by atoms with Gasteiger partial charge < -0.3 is 15.2 Å². The Balaban J connectivity index is 0.00000480. The summed E-state index contributed by atoms with van der Waals surface area (Å²) >= 11 is 0. The predicted molar refractivity (Wildman–Crippen MR) is 114 cm³/mol. The van der Waals surface area contributed by atoms with Gasteiger partial charge in [0.25, 0.3) is 11.8 Å². The maximum atomic E-state index is 12.3. The average molecular weight is 431 g/mol. The summed E-state index contributed by atoms with van der Waals surface area (Å²) in [7, 11) is 0. The zero-order chi connectivity index (χ0) is 22.5. The van der Waals surface area contributed by atoms with Crippen LogP contribution in [0.15, 0.2) is 42.7 Å². The van der Waals surface area contributed by atoms with Crippen LogP contribution in [0.25, 0.3) is 11.1 Å². The van der Waals surface area contributed by atoms with Crippen LogP contribution in [0.4, 0.5) is 0 Å². The van der Waals surface area contributed by atoms with E-state index in [1.54, 1.807) is 45.2 Å². The number of hydrogen-bond acceptors (Lipinski definition) is 7. The molecular formula is C22H29N3O6. The summed E-state index contributed by atoms with van der Waals surface area (Å²) < 4.78 is 5.35. The van der Waals surface area contributed by atoms with Gasteiger partial charge in [0, 0.05) is 23.5 Å². The van der Waals surface area contributed by atoms with E-state index >= 15 is 0 Å². The first-order valence-corrected chi connectivity index (χ1v) is 9.23. The van der Waals surface area contributed by atoms with Crippen molar-refractivity contribution in [1.29, 1.82) is 0 Å². The highest BCUT2D eigenvalue weighted by Crippen LogP contribution is 2.21. The third-order valence-corrected chi connectivity index (χ3v) is 4.01. The lowest BCUT2D eigenvalue weighted by Crippen LogP contribution is -2.51. The number of nitrogens with zero attached hydrogens (tertiary/aromatic N) is 1. The highest BCUT2D eigenvalue weighted by Gasteiger charge is 2.25. The molecule has 1 aromatic carbocycles. The first-order valence-electron chi connectivity index (χ1n) is 9.23. The minimum atomic E-state index is -1.31. The van der Waals surface area contributed by atoms with E-state index in [1.165, 1.54) is 30.7 Å². The molecule has 0 unspecified atom stereocenters. The van der Waals surface area contributed by atoms with Gasteiger partial charge in [-0.05, 0) is 51.5 Å². The molecule has 0 bridgehead atoms. The monoisotopic (exact) mass is 431 g/mol. The van der Waals surface area contributed by atoms with Crippen molar-refractivity contribution in [2.24, 2.45) is 0 Å². The summed E-state index contributed by atoms with van der Waals surface area (Å²) in [6.45, 7) is 6.64. The number of hydroxylamine groups is 1. The van der Waals surface area contributed by atoms with Gasteiger partial charge in [-0.1, -0.05) is 19.6 Å². The Kier molecular flexibility index (Phi) is 8.84. The van der Waals surface area contributed by atoms with E-state index in [4.69, 9.17) is 9.94 Å². The van der Waals surface area contributed by atoms with Crippen molar-refractivity contribution in [2.75, 3.05) is 0 Å². The zero-order valence-corrected chi connectivity index (χ0v) is 17.2. The number of aromatic nitrogens is 1.